The molecular formula is C25H32N4O. The van der Waals surface area contributed by atoms with E-state index in [0.29, 0.717) is 12.1 Å². The number of benzene rings is 2. The summed E-state index contributed by atoms with van der Waals surface area (Å²) < 4.78 is 2.24. The zero-order valence-corrected chi connectivity index (χ0v) is 18.7. The maximum atomic E-state index is 13.0. The molecule has 0 N–H and O–H groups in total. The van der Waals surface area contributed by atoms with Crippen LogP contribution in [0, 0.1) is 13.8 Å². The van der Waals surface area contributed by atoms with Gasteiger partial charge in [-0.25, -0.2) is 4.98 Å². The molecule has 1 aliphatic heterocycles. The van der Waals surface area contributed by atoms with Gasteiger partial charge in [0.25, 0.3) is 5.91 Å². The first-order chi connectivity index (χ1) is 14.3. The quantitative estimate of drug-likeness (QED) is 0.638. The topological polar surface area (TPSA) is 41.4 Å². The molecule has 1 saturated heterocycles. The van der Waals surface area contributed by atoms with Crippen molar-refractivity contribution in [3.8, 4) is 0 Å². The highest BCUT2D eigenvalue weighted by atomic mass is 16.2. The molecule has 4 rings (SSSR count). The number of likely N-dealkylation sites (N-methyl/N-ethyl adjacent to an activating group) is 1. The maximum Gasteiger partial charge on any atom is 0.253 e. The number of nitrogens with zero attached hydrogens (tertiary/aromatic N) is 4. The molecule has 0 spiro atoms. The van der Waals surface area contributed by atoms with E-state index < -0.39 is 0 Å². The number of likely N-dealkylation sites (tertiary alicyclic amines) is 1. The molecule has 0 radical (unpaired) electrons. The Morgan fingerprint density at radius 1 is 1.17 bits per heavy atom. The summed E-state index contributed by atoms with van der Waals surface area (Å²) in [7, 11) is 1.94. The molecule has 2 aromatic carbocycles. The fourth-order valence-electron chi connectivity index (χ4n) is 4.41. The van der Waals surface area contributed by atoms with Gasteiger partial charge < -0.3 is 9.47 Å². The number of amides is 1. The van der Waals surface area contributed by atoms with Crippen molar-refractivity contribution in [2.75, 3.05) is 20.1 Å². The monoisotopic (exact) mass is 404 g/mol. The van der Waals surface area contributed by atoms with E-state index in [9.17, 15) is 4.79 Å². The molecule has 0 bridgehead atoms. The van der Waals surface area contributed by atoms with Crippen LogP contribution in [0.1, 0.15) is 47.6 Å². The van der Waals surface area contributed by atoms with Crippen molar-refractivity contribution >= 4 is 16.9 Å². The lowest BCUT2D eigenvalue weighted by molar-refractivity contribution is 0.0732. The van der Waals surface area contributed by atoms with Gasteiger partial charge in [-0.15, -0.1) is 0 Å². The van der Waals surface area contributed by atoms with E-state index in [1.807, 2.05) is 31.0 Å². The van der Waals surface area contributed by atoms with Crippen LogP contribution in [0.2, 0.25) is 0 Å². The van der Waals surface area contributed by atoms with E-state index in [4.69, 9.17) is 0 Å². The Labute approximate surface area is 179 Å². The van der Waals surface area contributed by atoms with Crippen molar-refractivity contribution in [3.63, 3.8) is 0 Å². The molecule has 0 aliphatic carbocycles. The van der Waals surface area contributed by atoms with Gasteiger partial charge in [-0.2, -0.15) is 0 Å². The summed E-state index contributed by atoms with van der Waals surface area (Å²) in [5, 5.41) is 0. The standard InChI is InChI=1S/C25H32N4O/c1-17(2)28-13-12-22(16-28)27(5)25(30)21-9-7-20(8-10-21)15-29-19(4)26-23-11-6-18(3)14-24(23)29/h6-11,14,17,22H,12-13,15-16H2,1-5H3. The second-order valence-electron chi connectivity index (χ2n) is 8.88. The Morgan fingerprint density at radius 3 is 2.57 bits per heavy atom. The van der Waals surface area contributed by atoms with Crippen molar-refractivity contribution in [1.29, 1.82) is 0 Å². The van der Waals surface area contributed by atoms with E-state index >= 15 is 0 Å². The summed E-state index contributed by atoms with van der Waals surface area (Å²) in [6.45, 7) is 11.4. The normalized spacial score (nSPS) is 17.2. The molecule has 1 aromatic heterocycles. The Morgan fingerprint density at radius 2 is 1.90 bits per heavy atom. The van der Waals surface area contributed by atoms with E-state index in [0.717, 1.165) is 48.5 Å². The van der Waals surface area contributed by atoms with Gasteiger partial charge >= 0.3 is 0 Å². The van der Waals surface area contributed by atoms with Crippen LogP contribution in [0.25, 0.3) is 11.0 Å². The molecule has 1 aliphatic rings. The average molecular weight is 405 g/mol. The fourth-order valence-corrected chi connectivity index (χ4v) is 4.41. The smallest absolute Gasteiger partial charge is 0.253 e. The van der Waals surface area contributed by atoms with Gasteiger partial charge in [-0.05, 0) is 69.5 Å². The molecule has 2 heterocycles. The maximum absolute atomic E-state index is 13.0. The molecule has 158 valence electrons. The molecular weight excluding hydrogens is 372 g/mol. The van der Waals surface area contributed by atoms with Gasteiger partial charge in [0.05, 0.1) is 11.0 Å². The third-order valence-electron chi connectivity index (χ3n) is 6.43. The molecule has 30 heavy (non-hydrogen) atoms. The first kappa shape index (κ1) is 20.6. The predicted octanol–water partition coefficient (Wildman–Crippen LogP) is 4.26. The van der Waals surface area contributed by atoms with Crippen molar-refractivity contribution in [2.45, 2.75) is 52.7 Å². The van der Waals surface area contributed by atoms with E-state index in [2.05, 4.69) is 65.6 Å². The van der Waals surface area contributed by atoms with Crippen LogP contribution in [-0.2, 0) is 6.54 Å². The molecule has 5 nitrogen and oxygen atoms in total. The number of carbonyl (C=O) groups is 1. The lowest BCUT2D eigenvalue weighted by Crippen LogP contribution is -2.40. The molecule has 1 unspecified atom stereocenters. The second kappa shape index (κ2) is 8.23. The van der Waals surface area contributed by atoms with Crippen molar-refractivity contribution in [3.05, 3.63) is 65.0 Å². The van der Waals surface area contributed by atoms with Crippen LogP contribution in [0.4, 0.5) is 0 Å². The van der Waals surface area contributed by atoms with Crippen LogP contribution in [-0.4, -0.2) is 57.5 Å². The predicted molar refractivity (Wildman–Crippen MR) is 122 cm³/mol. The zero-order valence-electron chi connectivity index (χ0n) is 18.7. The van der Waals surface area contributed by atoms with Crippen LogP contribution >= 0.6 is 0 Å². The number of carbonyl (C=O) groups excluding carboxylic acids is 1. The fraction of sp³-hybridized carbons (Fsp3) is 0.440. The van der Waals surface area contributed by atoms with Crippen molar-refractivity contribution in [1.82, 2.24) is 19.4 Å². The lowest BCUT2D eigenvalue weighted by Gasteiger charge is -2.26. The molecule has 3 aromatic rings. The number of imidazole rings is 1. The Kier molecular flexibility index (Phi) is 5.65. The van der Waals surface area contributed by atoms with Crippen LogP contribution in [0.15, 0.2) is 42.5 Å². The molecule has 0 saturated carbocycles. The summed E-state index contributed by atoms with van der Waals surface area (Å²) in [4.78, 5) is 22.0. The summed E-state index contributed by atoms with van der Waals surface area (Å²) >= 11 is 0. The Hall–Kier alpha value is -2.66. The van der Waals surface area contributed by atoms with Crippen LogP contribution < -0.4 is 0 Å². The minimum absolute atomic E-state index is 0.108. The number of fused-ring (bicyclic) bond motifs is 1. The SMILES string of the molecule is Cc1ccc2nc(C)n(Cc3ccc(C(=O)N(C)C4CCN(C(C)C)C4)cc3)c2c1. The van der Waals surface area contributed by atoms with Crippen LogP contribution in [0.3, 0.4) is 0 Å². The van der Waals surface area contributed by atoms with Crippen molar-refractivity contribution < 1.29 is 4.79 Å². The van der Waals surface area contributed by atoms with Gasteiger partial charge in [0, 0.05) is 44.3 Å². The van der Waals surface area contributed by atoms with Gasteiger partial charge in [-0.3, -0.25) is 9.69 Å². The molecule has 1 fully saturated rings. The van der Waals surface area contributed by atoms with Crippen molar-refractivity contribution in [2.24, 2.45) is 0 Å². The summed E-state index contributed by atoms with van der Waals surface area (Å²) in [5.74, 6) is 1.11. The number of hydrogen-bond donors (Lipinski definition) is 0. The van der Waals surface area contributed by atoms with E-state index in [1.165, 1.54) is 11.1 Å². The third-order valence-corrected chi connectivity index (χ3v) is 6.43. The second-order valence-corrected chi connectivity index (χ2v) is 8.88. The lowest BCUT2D eigenvalue weighted by atomic mass is 10.1. The van der Waals surface area contributed by atoms with Crippen LogP contribution in [0.5, 0.6) is 0 Å². The van der Waals surface area contributed by atoms with Gasteiger partial charge in [0.1, 0.15) is 5.82 Å². The largest absolute Gasteiger partial charge is 0.337 e. The minimum Gasteiger partial charge on any atom is -0.337 e. The van der Waals surface area contributed by atoms with Gasteiger partial charge in [-0.1, -0.05) is 18.2 Å². The van der Waals surface area contributed by atoms with Gasteiger partial charge in [0.15, 0.2) is 0 Å². The summed E-state index contributed by atoms with van der Waals surface area (Å²) in [6.07, 6.45) is 1.05. The van der Waals surface area contributed by atoms with E-state index in [1.54, 1.807) is 0 Å². The number of aryl methyl sites for hydroxylation is 2. The first-order valence-corrected chi connectivity index (χ1v) is 10.9. The summed E-state index contributed by atoms with van der Waals surface area (Å²) in [5.41, 5.74) is 5.34. The highest BCUT2D eigenvalue weighted by Gasteiger charge is 2.29. The molecule has 1 atom stereocenters. The Bertz CT molecular complexity index is 1050. The Balaban J connectivity index is 1.48. The molecule has 5 heteroatoms. The highest BCUT2D eigenvalue weighted by molar-refractivity contribution is 5.94. The minimum atomic E-state index is 0.108. The third kappa shape index (κ3) is 3.99. The number of hydrogen-bond acceptors (Lipinski definition) is 3. The van der Waals surface area contributed by atoms with E-state index in [-0.39, 0.29) is 5.91 Å². The number of aromatic nitrogens is 2. The average Bonchev–Trinajstić information content (AvgIpc) is 3.33. The zero-order chi connectivity index (χ0) is 21.4. The molecule has 1 amide bonds. The number of rotatable bonds is 5. The van der Waals surface area contributed by atoms with Gasteiger partial charge in [0.2, 0.25) is 0 Å². The first-order valence-electron chi connectivity index (χ1n) is 10.9. The highest BCUT2D eigenvalue weighted by Crippen LogP contribution is 2.21. The summed E-state index contributed by atoms with van der Waals surface area (Å²) in [6, 6.07) is 15.2.